The van der Waals surface area contributed by atoms with Crippen molar-refractivity contribution in [2.75, 3.05) is 24.1 Å². The van der Waals surface area contributed by atoms with Gasteiger partial charge in [-0.25, -0.2) is 4.98 Å². The van der Waals surface area contributed by atoms with Gasteiger partial charge in [-0.2, -0.15) is 0 Å². The molecule has 4 rings (SSSR count). The molecule has 2 aromatic rings. The molecule has 3 heterocycles. The predicted octanol–water partition coefficient (Wildman–Crippen LogP) is 3.23. The number of nitrogens with one attached hydrogen (secondary N) is 1. The minimum Gasteiger partial charge on any atom is -0.397 e. The zero-order valence-corrected chi connectivity index (χ0v) is 13.2. The second-order valence-electron chi connectivity index (χ2n) is 6.28. The van der Waals surface area contributed by atoms with Gasteiger partial charge in [-0.3, -0.25) is 4.90 Å². The maximum absolute atomic E-state index is 6.24. The van der Waals surface area contributed by atoms with E-state index < -0.39 is 0 Å². The zero-order chi connectivity index (χ0) is 14.4. The number of anilines is 2. The van der Waals surface area contributed by atoms with E-state index >= 15 is 0 Å². The van der Waals surface area contributed by atoms with Gasteiger partial charge in [-0.1, -0.05) is 6.42 Å². The Morgan fingerprint density at radius 3 is 3.10 bits per heavy atom. The number of hydrogen-bond acceptors (Lipinski definition) is 5. The summed E-state index contributed by atoms with van der Waals surface area (Å²) >= 11 is 1.71. The first-order valence-electron chi connectivity index (χ1n) is 7.88. The second-order valence-corrected chi connectivity index (χ2v) is 7.51. The average molecular weight is 302 g/mol. The standard InChI is InChI=1S/C16H22N4S/c1-10-18-14-9-13(11(17)8-16(14)21-10)19-12-5-7-20-6-3-2-4-15(12)20/h8-9,12,15,19H,2-7,17H2,1H3. The van der Waals surface area contributed by atoms with Crippen molar-refractivity contribution >= 4 is 32.9 Å². The van der Waals surface area contributed by atoms with Gasteiger partial charge in [0.05, 0.1) is 26.6 Å². The third kappa shape index (κ3) is 2.38. The fraction of sp³-hybridized carbons (Fsp3) is 0.562. The number of nitrogens with two attached hydrogens (primary N) is 1. The molecule has 0 aliphatic carbocycles. The van der Waals surface area contributed by atoms with Crippen LogP contribution in [0.1, 0.15) is 30.7 Å². The summed E-state index contributed by atoms with van der Waals surface area (Å²) in [6.07, 6.45) is 5.25. The Morgan fingerprint density at radius 1 is 1.29 bits per heavy atom. The lowest BCUT2D eigenvalue weighted by Crippen LogP contribution is -2.41. The van der Waals surface area contributed by atoms with E-state index in [4.69, 9.17) is 5.73 Å². The van der Waals surface area contributed by atoms with Gasteiger partial charge >= 0.3 is 0 Å². The van der Waals surface area contributed by atoms with Gasteiger partial charge in [0.25, 0.3) is 0 Å². The fourth-order valence-electron chi connectivity index (χ4n) is 3.85. The van der Waals surface area contributed by atoms with Crippen molar-refractivity contribution in [3.8, 4) is 0 Å². The molecule has 0 amide bonds. The van der Waals surface area contributed by atoms with Gasteiger partial charge in [0, 0.05) is 18.6 Å². The fourth-order valence-corrected chi connectivity index (χ4v) is 4.70. The Kier molecular flexibility index (Phi) is 3.27. The number of fused-ring (bicyclic) bond motifs is 2. The number of nitrogens with zero attached hydrogens (tertiary/aromatic N) is 2. The highest BCUT2D eigenvalue weighted by Crippen LogP contribution is 2.33. The molecule has 2 unspecified atom stereocenters. The number of hydrogen-bond donors (Lipinski definition) is 2. The summed E-state index contributed by atoms with van der Waals surface area (Å²) < 4.78 is 1.18. The first-order valence-corrected chi connectivity index (χ1v) is 8.69. The molecule has 2 atom stereocenters. The van der Waals surface area contributed by atoms with Crippen LogP contribution in [0.2, 0.25) is 0 Å². The van der Waals surface area contributed by atoms with Gasteiger partial charge in [-0.05, 0) is 44.9 Å². The van der Waals surface area contributed by atoms with Crippen molar-refractivity contribution in [3.05, 3.63) is 17.1 Å². The first kappa shape index (κ1) is 13.3. The Bertz CT molecular complexity index is 666. The molecule has 0 saturated carbocycles. The molecule has 4 nitrogen and oxygen atoms in total. The van der Waals surface area contributed by atoms with Crippen LogP contribution < -0.4 is 11.1 Å². The number of rotatable bonds is 2. The highest BCUT2D eigenvalue weighted by Gasteiger charge is 2.35. The molecular weight excluding hydrogens is 280 g/mol. The molecule has 0 spiro atoms. The van der Waals surface area contributed by atoms with Crippen LogP contribution in [0.5, 0.6) is 0 Å². The SMILES string of the molecule is Cc1nc2cc(NC3CCN4CCCCC34)c(N)cc2s1. The first-order chi connectivity index (χ1) is 10.2. The number of aromatic nitrogens is 1. The molecular formula is C16H22N4S. The van der Waals surface area contributed by atoms with E-state index in [2.05, 4.69) is 27.3 Å². The molecule has 21 heavy (non-hydrogen) atoms. The summed E-state index contributed by atoms with van der Waals surface area (Å²) in [4.78, 5) is 7.23. The zero-order valence-electron chi connectivity index (χ0n) is 12.4. The predicted molar refractivity (Wildman–Crippen MR) is 90.0 cm³/mol. The molecule has 2 aliphatic rings. The van der Waals surface area contributed by atoms with Crippen molar-refractivity contribution < 1.29 is 0 Å². The Hall–Kier alpha value is -1.33. The molecule has 1 aromatic heterocycles. The summed E-state index contributed by atoms with van der Waals surface area (Å²) in [7, 11) is 0. The van der Waals surface area contributed by atoms with E-state index in [1.165, 1.54) is 43.5 Å². The molecule has 2 fully saturated rings. The Morgan fingerprint density at radius 2 is 2.19 bits per heavy atom. The number of nitrogen functional groups attached to an aromatic ring is 1. The van der Waals surface area contributed by atoms with Crippen molar-refractivity contribution in [1.29, 1.82) is 0 Å². The normalized spacial score (nSPS) is 26.1. The van der Waals surface area contributed by atoms with Crippen molar-refractivity contribution in [1.82, 2.24) is 9.88 Å². The summed E-state index contributed by atoms with van der Waals surface area (Å²) in [6.45, 7) is 4.54. The van der Waals surface area contributed by atoms with Crippen LogP contribution in [0.4, 0.5) is 11.4 Å². The van der Waals surface area contributed by atoms with Crippen LogP contribution in [0.3, 0.4) is 0 Å². The minimum absolute atomic E-state index is 0.532. The van der Waals surface area contributed by atoms with Gasteiger partial charge in [0.2, 0.25) is 0 Å². The maximum Gasteiger partial charge on any atom is 0.0907 e. The number of piperidine rings is 1. The monoisotopic (exact) mass is 302 g/mol. The lowest BCUT2D eigenvalue weighted by atomic mass is 9.99. The largest absolute Gasteiger partial charge is 0.397 e. The second kappa shape index (κ2) is 5.14. The molecule has 3 N–H and O–H groups in total. The van der Waals surface area contributed by atoms with Gasteiger partial charge in [0.1, 0.15) is 0 Å². The smallest absolute Gasteiger partial charge is 0.0907 e. The average Bonchev–Trinajstić information content (AvgIpc) is 3.02. The quantitative estimate of drug-likeness (QED) is 0.836. The lowest BCUT2D eigenvalue weighted by molar-refractivity contribution is 0.193. The summed E-state index contributed by atoms with van der Waals surface area (Å²) in [5.74, 6) is 0. The maximum atomic E-state index is 6.24. The van der Waals surface area contributed by atoms with E-state index in [9.17, 15) is 0 Å². The van der Waals surface area contributed by atoms with Crippen molar-refractivity contribution in [2.24, 2.45) is 0 Å². The summed E-state index contributed by atoms with van der Waals surface area (Å²) in [5.41, 5.74) is 9.22. The number of benzene rings is 1. The van der Waals surface area contributed by atoms with Gasteiger partial charge in [0.15, 0.2) is 0 Å². The summed E-state index contributed by atoms with van der Waals surface area (Å²) in [5, 5.41) is 4.81. The Labute approximate surface area is 129 Å². The Balaban J connectivity index is 1.60. The number of aryl methyl sites for hydroxylation is 1. The number of thiazole rings is 1. The van der Waals surface area contributed by atoms with Crippen molar-refractivity contribution in [2.45, 2.75) is 44.7 Å². The molecule has 1 aromatic carbocycles. The van der Waals surface area contributed by atoms with E-state index in [0.29, 0.717) is 12.1 Å². The van der Waals surface area contributed by atoms with Gasteiger partial charge < -0.3 is 11.1 Å². The summed E-state index contributed by atoms with van der Waals surface area (Å²) in [6, 6.07) is 5.41. The van der Waals surface area contributed by atoms with E-state index in [-0.39, 0.29) is 0 Å². The van der Waals surface area contributed by atoms with Gasteiger partial charge in [-0.15, -0.1) is 11.3 Å². The molecule has 2 aliphatic heterocycles. The molecule has 112 valence electrons. The van der Waals surface area contributed by atoms with E-state index in [1.54, 1.807) is 11.3 Å². The van der Waals surface area contributed by atoms with Crippen LogP contribution in [0.15, 0.2) is 12.1 Å². The lowest BCUT2D eigenvalue weighted by Gasteiger charge is -2.33. The van der Waals surface area contributed by atoms with Crippen LogP contribution in [-0.4, -0.2) is 35.1 Å². The highest BCUT2D eigenvalue weighted by molar-refractivity contribution is 7.18. The third-order valence-electron chi connectivity index (χ3n) is 4.86. The third-order valence-corrected chi connectivity index (χ3v) is 5.80. The topological polar surface area (TPSA) is 54.2 Å². The molecule has 0 bridgehead atoms. The molecule has 5 heteroatoms. The highest BCUT2D eigenvalue weighted by atomic mass is 32.1. The van der Waals surface area contributed by atoms with Crippen molar-refractivity contribution in [3.63, 3.8) is 0 Å². The van der Waals surface area contributed by atoms with Crippen LogP contribution in [0.25, 0.3) is 10.2 Å². The van der Waals surface area contributed by atoms with Crippen LogP contribution in [-0.2, 0) is 0 Å². The van der Waals surface area contributed by atoms with Crippen LogP contribution >= 0.6 is 11.3 Å². The van der Waals surface area contributed by atoms with Crippen LogP contribution in [0, 0.1) is 6.92 Å². The molecule has 2 saturated heterocycles. The van der Waals surface area contributed by atoms with E-state index in [1.807, 2.05) is 6.92 Å². The van der Waals surface area contributed by atoms with E-state index in [0.717, 1.165) is 21.9 Å². The molecule has 0 radical (unpaired) electrons. The minimum atomic E-state index is 0.532.